The molecule has 0 aromatic rings. The van der Waals surface area contributed by atoms with Crippen LogP contribution in [-0.2, 0) is 4.79 Å². The molecule has 3 unspecified atom stereocenters. The van der Waals surface area contributed by atoms with E-state index in [0.717, 1.165) is 32.1 Å². The highest BCUT2D eigenvalue weighted by Crippen LogP contribution is 2.33. The molecule has 0 bridgehead atoms. The van der Waals surface area contributed by atoms with E-state index >= 15 is 0 Å². The van der Waals surface area contributed by atoms with Gasteiger partial charge >= 0.3 is 12.0 Å². The van der Waals surface area contributed by atoms with Crippen molar-refractivity contribution < 1.29 is 14.7 Å². The van der Waals surface area contributed by atoms with Crippen LogP contribution < -0.4 is 11.1 Å². The van der Waals surface area contributed by atoms with Gasteiger partial charge < -0.3 is 21.1 Å². The van der Waals surface area contributed by atoms with E-state index in [9.17, 15) is 14.7 Å². The van der Waals surface area contributed by atoms with Crippen molar-refractivity contribution in [2.75, 3.05) is 6.54 Å². The lowest BCUT2D eigenvalue weighted by molar-refractivity contribution is -0.148. The predicted molar refractivity (Wildman–Crippen MR) is 75.4 cm³/mol. The van der Waals surface area contributed by atoms with Crippen molar-refractivity contribution in [2.45, 2.75) is 69.5 Å². The molecule has 1 heterocycles. The number of carboxylic acids is 1. The first-order chi connectivity index (χ1) is 9.51. The van der Waals surface area contributed by atoms with Crippen LogP contribution in [-0.4, -0.2) is 46.2 Å². The summed E-state index contributed by atoms with van der Waals surface area (Å²) >= 11 is 0. The molecule has 6 heteroatoms. The Morgan fingerprint density at radius 2 is 2.05 bits per heavy atom. The number of urea groups is 1. The summed E-state index contributed by atoms with van der Waals surface area (Å²) in [5.74, 6) is -0.902. The van der Waals surface area contributed by atoms with E-state index in [2.05, 4.69) is 5.32 Å². The SMILES string of the molecule is CCC1(C(=O)O)CCCN1C(=O)NC1CCCCC1N. The smallest absolute Gasteiger partial charge is 0.329 e. The zero-order valence-corrected chi connectivity index (χ0v) is 12.1. The maximum Gasteiger partial charge on any atom is 0.329 e. The van der Waals surface area contributed by atoms with Crippen LogP contribution >= 0.6 is 0 Å². The fraction of sp³-hybridized carbons (Fsp3) is 0.857. The fourth-order valence-electron chi connectivity index (χ4n) is 3.49. The van der Waals surface area contributed by atoms with Gasteiger partial charge in [0.1, 0.15) is 5.54 Å². The molecule has 3 atom stereocenters. The van der Waals surface area contributed by atoms with Crippen LogP contribution in [0.25, 0.3) is 0 Å². The summed E-state index contributed by atoms with van der Waals surface area (Å²) in [4.78, 5) is 25.5. The molecule has 0 aromatic carbocycles. The highest BCUT2D eigenvalue weighted by atomic mass is 16.4. The highest BCUT2D eigenvalue weighted by Gasteiger charge is 2.49. The largest absolute Gasteiger partial charge is 0.479 e. The van der Waals surface area contributed by atoms with Crippen molar-refractivity contribution in [3.8, 4) is 0 Å². The van der Waals surface area contributed by atoms with Gasteiger partial charge in [0.15, 0.2) is 0 Å². The second kappa shape index (κ2) is 5.99. The molecule has 114 valence electrons. The molecular formula is C14H25N3O3. The Labute approximate surface area is 119 Å². The van der Waals surface area contributed by atoms with Crippen molar-refractivity contribution in [1.82, 2.24) is 10.2 Å². The Balaban J connectivity index is 2.06. The summed E-state index contributed by atoms with van der Waals surface area (Å²) in [7, 11) is 0. The number of carbonyl (C=O) groups excluding carboxylic acids is 1. The van der Waals surface area contributed by atoms with E-state index in [0.29, 0.717) is 19.4 Å². The molecule has 1 saturated heterocycles. The molecule has 2 fully saturated rings. The molecule has 1 saturated carbocycles. The van der Waals surface area contributed by atoms with Crippen molar-refractivity contribution in [3.05, 3.63) is 0 Å². The number of carbonyl (C=O) groups is 2. The number of likely N-dealkylation sites (tertiary alicyclic amines) is 1. The van der Waals surface area contributed by atoms with Gasteiger partial charge in [-0.05, 0) is 32.1 Å². The second-order valence-corrected chi connectivity index (χ2v) is 5.95. The lowest BCUT2D eigenvalue weighted by Crippen LogP contribution is -2.59. The molecular weight excluding hydrogens is 258 g/mol. The lowest BCUT2D eigenvalue weighted by atomic mass is 9.91. The molecule has 4 N–H and O–H groups in total. The molecule has 20 heavy (non-hydrogen) atoms. The summed E-state index contributed by atoms with van der Waals surface area (Å²) < 4.78 is 0. The maximum absolute atomic E-state index is 12.4. The zero-order chi connectivity index (χ0) is 14.8. The van der Waals surface area contributed by atoms with E-state index in [1.165, 1.54) is 4.90 Å². The van der Waals surface area contributed by atoms with Gasteiger partial charge in [0, 0.05) is 18.6 Å². The monoisotopic (exact) mass is 283 g/mol. The number of hydrogen-bond acceptors (Lipinski definition) is 3. The molecule has 2 rings (SSSR count). The number of amides is 2. The topological polar surface area (TPSA) is 95.7 Å². The van der Waals surface area contributed by atoms with Crippen LogP contribution in [0.1, 0.15) is 51.9 Å². The molecule has 1 aliphatic heterocycles. The van der Waals surface area contributed by atoms with Crippen LogP contribution in [0.2, 0.25) is 0 Å². The fourth-order valence-corrected chi connectivity index (χ4v) is 3.49. The Kier molecular flexibility index (Phi) is 4.52. The normalized spacial score (nSPS) is 34.0. The first-order valence-electron chi connectivity index (χ1n) is 7.58. The summed E-state index contributed by atoms with van der Waals surface area (Å²) in [5.41, 5.74) is 5.00. The third kappa shape index (κ3) is 2.61. The number of nitrogens with zero attached hydrogens (tertiary/aromatic N) is 1. The van der Waals surface area contributed by atoms with Crippen LogP contribution in [0.15, 0.2) is 0 Å². The van der Waals surface area contributed by atoms with Gasteiger partial charge in [0.05, 0.1) is 0 Å². The van der Waals surface area contributed by atoms with Crippen molar-refractivity contribution in [2.24, 2.45) is 5.73 Å². The minimum Gasteiger partial charge on any atom is -0.479 e. The maximum atomic E-state index is 12.4. The highest BCUT2D eigenvalue weighted by molar-refractivity contribution is 5.87. The number of aliphatic carboxylic acids is 1. The van der Waals surface area contributed by atoms with Crippen LogP contribution in [0, 0.1) is 0 Å². The third-order valence-electron chi connectivity index (χ3n) is 4.85. The van der Waals surface area contributed by atoms with Crippen molar-refractivity contribution >= 4 is 12.0 Å². The molecule has 0 spiro atoms. The van der Waals surface area contributed by atoms with Gasteiger partial charge in [-0.3, -0.25) is 0 Å². The van der Waals surface area contributed by atoms with Gasteiger partial charge in [-0.15, -0.1) is 0 Å². The van der Waals surface area contributed by atoms with Gasteiger partial charge in [-0.1, -0.05) is 19.8 Å². The number of carboxylic acid groups (broad SMARTS) is 1. The molecule has 2 aliphatic rings. The average Bonchev–Trinajstić information content (AvgIpc) is 2.86. The molecule has 6 nitrogen and oxygen atoms in total. The predicted octanol–water partition coefficient (Wildman–Crippen LogP) is 1.30. The summed E-state index contributed by atoms with van der Waals surface area (Å²) in [5, 5.41) is 12.4. The van der Waals surface area contributed by atoms with E-state index in [-0.39, 0.29) is 18.1 Å². The summed E-state index contributed by atoms with van der Waals surface area (Å²) in [6.07, 6.45) is 5.68. The third-order valence-corrected chi connectivity index (χ3v) is 4.85. The number of nitrogens with one attached hydrogen (secondary N) is 1. The Morgan fingerprint density at radius 3 is 2.65 bits per heavy atom. The van der Waals surface area contributed by atoms with Gasteiger partial charge in [0.25, 0.3) is 0 Å². The lowest BCUT2D eigenvalue weighted by Gasteiger charge is -2.37. The quantitative estimate of drug-likeness (QED) is 0.727. The van der Waals surface area contributed by atoms with E-state index in [1.807, 2.05) is 6.92 Å². The van der Waals surface area contributed by atoms with E-state index in [1.54, 1.807) is 0 Å². The Morgan fingerprint density at radius 1 is 1.35 bits per heavy atom. The molecule has 1 aliphatic carbocycles. The zero-order valence-electron chi connectivity index (χ0n) is 12.1. The first-order valence-corrected chi connectivity index (χ1v) is 7.58. The van der Waals surface area contributed by atoms with Crippen molar-refractivity contribution in [3.63, 3.8) is 0 Å². The number of hydrogen-bond donors (Lipinski definition) is 3. The second-order valence-electron chi connectivity index (χ2n) is 5.95. The van der Waals surface area contributed by atoms with E-state index in [4.69, 9.17) is 5.73 Å². The van der Waals surface area contributed by atoms with Crippen LogP contribution in [0.3, 0.4) is 0 Å². The minimum atomic E-state index is -1.04. The Hall–Kier alpha value is -1.30. The summed E-state index contributed by atoms with van der Waals surface area (Å²) in [6.45, 7) is 2.33. The van der Waals surface area contributed by atoms with Gasteiger partial charge in [-0.25, -0.2) is 9.59 Å². The molecule has 0 radical (unpaired) electrons. The van der Waals surface area contributed by atoms with Crippen LogP contribution in [0.4, 0.5) is 4.79 Å². The first kappa shape index (κ1) is 15.1. The standard InChI is InChI=1S/C14H25N3O3/c1-2-14(12(18)19)8-5-9-17(14)13(20)16-11-7-4-3-6-10(11)15/h10-11H,2-9,15H2,1H3,(H,16,20)(H,18,19). The van der Waals surface area contributed by atoms with Crippen LogP contribution in [0.5, 0.6) is 0 Å². The number of rotatable bonds is 3. The Bertz CT molecular complexity index is 388. The van der Waals surface area contributed by atoms with Gasteiger partial charge in [-0.2, -0.15) is 0 Å². The van der Waals surface area contributed by atoms with Crippen molar-refractivity contribution in [1.29, 1.82) is 0 Å². The molecule has 2 amide bonds. The minimum absolute atomic E-state index is 0.0174. The van der Waals surface area contributed by atoms with E-state index < -0.39 is 11.5 Å². The molecule has 0 aromatic heterocycles. The average molecular weight is 283 g/mol. The van der Waals surface area contributed by atoms with Gasteiger partial charge in [0.2, 0.25) is 0 Å². The number of nitrogens with two attached hydrogens (primary N) is 1. The summed E-state index contributed by atoms with van der Waals surface area (Å²) in [6, 6.07) is -0.314.